The molecule has 0 spiro atoms. The van der Waals surface area contributed by atoms with Crippen molar-refractivity contribution in [3.05, 3.63) is 64.0 Å². The van der Waals surface area contributed by atoms with Crippen LogP contribution in [-0.4, -0.2) is 67.5 Å². The minimum absolute atomic E-state index is 0.262. The summed E-state index contributed by atoms with van der Waals surface area (Å²) < 4.78 is 21.3. The minimum Gasteiger partial charge on any atom is -0.496 e. The molecule has 1 aliphatic heterocycles. The first-order chi connectivity index (χ1) is 21.3. The van der Waals surface area contributed by atoms with Crippen molar-refractivity contribution >= 4 is 57.7 Å². The number of amides is 3. The summed E-state index contributed by atoms with van der Waals surface area (Å²) in [7, 11) is 4.25. The van der Waals surface area contributed by atoms with E-state index in [0.29, 0.717) is 40.7 Å². The molecule has 0 saturated carbocycles. The highest BCUT2D eigenvalue weighted by Crippen LogP contribution is 2.39. The second-order valence-corrected chi connectivity index (χ2v) is 13.6. The van der Waals surface area contributed by atoms with E-state index in [-0.39, 0.29) is 18.0 Å². The summed E-state index contributed by atoms with van der Waals surface area (Å²) in [5.74, 6) is -0.520. The third-order valence-corrected chi connectivity index (χ3v) is 8.99. The summed E-state index contributed by atoms with van der Waals surface area (Å²) in [6, 6.07) is 12.2. The highest BCUT2D eigenvalue weighted by molar-refractivity contribution is 8.00. The van der Waals surface area contributed by atoms with Crippen LogP contribution in [0.5, 0.6) is 11.5 Å². The van der Waals surface area contributed by atoms with Crippen LogP contribution in [0.1, 0.15) is 58.9 Å². The van der Waals surface area contributed by atoms with Crippen LogP contribution in [0, 0.1) is 0 Å². The molecule has 1 atom stereocenters. The molecule has 0 aliphatic carbocycles. The molecule has 4 rings (SSSR count). The predicted molar refractivity (Wildman–Crippen MR) is 174 cm³/mol. The molecule has 3 amide bonds. The highest BCUT2D eigenvalue weighted by Gasteiger charge is 2.33. The van der Waals surface area contributed by atoms with Crippen LogP contribution in [0.25, 0.3) is 0 Å². The quantitative estimate of drug-likeness (QED) is 0.204. The van der Waals surface area contributed by atoms with Crippen LogP contribution in [0.2, 0.25) is 0 Å². The summed E-state index contributed by atoms with van der Waals surface area (Å²) in [6.45, 7) is 7.80. The van der Waals surface area contributed by atoms with Gasteiger partial charge in [-0.05, 0) is 70.0 Å². The average Bonchev–Trinajstić information content (AvgIpc) is 3.36. The number of thioether (sulfide) groups is 1. The molecule has 3 aromatic rings. The van der Waals surface area contributed by atoms with Crippen LogP contribution in [0.4, 0.5) is 15.5 Å². The lowest BCUT2D eigenvalue weighted by molar-refractivity contribution is -0.115. The van der Waals surface area contributed by atoms with Gasteiger partial charge in [-0.2, -0.15) is 0 Å². The Kier molecular flexibility index (Phi) is 10.7. The molecule has 11 nitrogen and oxygen atoms in total. The molecule has 2 N–H and O–H groups in total. The maximum absolute atomic E-state index is 13.4. The molecule has 45 heavy (non-hydrogen) atoms. The van der Waals surface area contributed by atoms with Crippen molar-refractivity contribution in [2.45, 2.75) is 56.4 Å². The van der Waals surface area contributed by atoms with E-state index in [1.165, 1.54) is 44.4 Å². The van der Waals surface area contributed by atoms with Gasteiger partial charge < -0.3 is 34.5 Å². The summed E-state index contributed by atoms with van der Waals surface area (Å²) in [5.41, 5.74) is 1.23. The van der Waals surface area contributed by atoms with Gasteiger partial charge >= 0.3 is 12.1 Å². The van der Waals surface area contributed by atoms with Crippen molar-refractivity contribution in [1.29, 1.82) is 0 Å². The van der Waals surface area contributed by atoms with Gasteiger partial charge in [-0.15, -0.1) is 23.1 Å². The molecule has 2 aromatic carbocycles. The SMILES string of the molecule is COC(=O)c1c(NC(=O)C(C)Sc2cccc(NC(=O)c3c(OC)cccc3OC)c2)sc2c1CCN(C(=O)OC(C)(C)C)C2. The lowest BCUT2D eigenvalue weighted by Crippen LogP contribution is -2.39. The lowest BCUT2D eigenvalue weighted by atomic mass is 10.0. The maximum Gasteiger partial charge on any atom is 0.410 e. The van der Waals surface area contributed by atoms with Crippen molar-refractivity contribution in [3.8, 4) is 11.5 Å². The zero-order valence-corrected chi connectivity index (χ0v) is 27.9. The molecule has 0 fully saturated rings. The van der Waals surface area contributed by atoms with E-state index in [1.54, 1.807) is 69.0 Å². The van der Waals surface area contributed by atoms with Crippen LogP contribution in [0.3, 0.4) is 0 Å². The second kappa shape index (κ2) is 14.2. The average molecular weight is 656 g/mol. The highest BCUT2D eigenvalue weighted by atomic mass is 32.2. The molecular formula is C32H37N3O8S2. The number of nitrogens with one attached hydrogen (secondary N) is 2. The number of hydrogen-bond acceptors (Lipinski definition) is 10. The Morgan fingerprint density at radius 2 is 1.62 bits per heavy atom. The number of hydrogen-bond donors (Lipinski definition) is 2. The van der Waals surface area contributed by atoms with Gasteiger partial charge in [-0.3, -0.25) is 9.59 Å². The van der Waals surface area contributed by atoms with Gasteiger partial charge in [0.15, 0.2) is 0 Å². The third-order valence-electron chi connectivity index (χ3n) is 6.76. The predicted octanol–water partition coefficient (Wildman–Crippen LogP) is 6.22. The minimum atomic E-state index is -0.634. The van der Waals surface area contributed by atoms with Gasteiger partial charge in [0.05, 0.1) is 38.7 Å². The summed E-state index contributed by atoms with van der Waals surface area (Å²) >= 11 is 2.54. The number of benzene rings is 2. The first kappa shape index (κ1) is 33.7. The number of anilines is 2. The van der Waals surface area contributed by atoms with Gasteiger partial charge in [0.25, 0.3) is 5.91 Å². The number of rotatable bonds is 9. The number of esters is 1. The van der Waals surface area contributed by atoms with Crippen molar-refractivity contribution in [1.82, 2.24) is 4.90 Å². The van der Waals surface area contributed by atoms with Gasteiger partial charge in [0.2, 0.25) is 5.91 Å². The molecule has 1 unspecified atom stereocenters. The van der Waals surface area contributed by atoms with E-state index in [2.05, 4.69) is 10.6 Å². The van der Waals surface area contributed by atoms with Crippen molar-refractivity contribution in [2.75, 3.05) is 38.5 Å². The second-order valence-electron chi connectivity index (χ2n) is 11.1. The van der Waals surface area contributed by atoms with E-state index >= 15 is 0 Å². The monoisotopic (exact) mass is 655 g/mol. The fraction of sp³-hybridized carbons (Fsp3) is 0.375. The van der Waals surface area contributed by atoms with Crippen LogP contribution in [-0.2, 0) is 27.2 Å². The zero-order valence-electron chi connectivity index (χ0n) is 26.3. The van der Waals surface area contributed by atoms with E-state index in [0.717, 1.165) is 15.3 Å². The van der Waals surface area contributed by atoms with E-state index in [9.17, 15) is 19.2 Å². The van der Waals surface area contributed by atoms with E-state index < -0.39 is 28.8 Å². The molecule has 0 saturated heterocycles. The Balaban J connectivity index is 1.47. The molecule has 1 aromatic heterocycles. The number of fused-ring (bicyclic) bond motifs is 1. The Morgan fingerprint density at radius 1 is 0.956 bits per heavy atom. The smallest absolute Gasteiger partial charge is 0.410 e. The van der Waals surface area contributed by atoms with Crippen molar-refractivity contribution in [3.63, 3.8) is 0 Å². The Bertz CT molecular complexity index is 1580. The van der Waals surface area contributed by atoms with E-state index in [4.69, 9.17) is 18.9 Å². The number of ether oxygens (including phenoxy) is 4. The zero-order chi connectivity index (χ0) is 32.9. The Morgan fingerprint density at radius 3 is 2.24 bits per heavy atom. The van der Waals surface area contributed by atoms with Crippen molar-refractivity contribution in [2.24, 2.45) is 0 Å². The van der Waals surface area contributed by atoms with Gasteiger partial charge in [-0.25, -0.2) is 9.59 Å². The number of thiophene rings is 1. The first-order valence-corrected chi connectivity index (χ1v) is 15.9. The standard InChI is InChI=1S/C32H37N3O8S2/c1-18(44-20-11-8-10-19(16-20)33-28(37)26-22(40-5)12-9-13-23(26)41-6)27(36)34-29-25(30(38)42-7)21-14-15-35(17-24(21)45-29)31(39)43-32(2,3)4/h8-13,16,18H,14-15,17H2,1-7H3,(H,33,37)(H,34,36). The Labute approximate surface area is 270 Å². The Hall–Kier alpha value is -4.23. The molecule has 0 bridgehead atoms. The molecule has 1 aliphatic rings. The lowest BCUT2D eigenvalue weighted by Gasteiger charge is -2.30. The summed E-state index contributed by atoms with van der Waals surface area (Å²) in [6.07, 6.45) is -0.00759. The number of carbonyl (C=O) groups is 4. The van der Waals surface area contributed by atoms with Crippen LogP contribution >= 0.6 is 23.1 Å². The summed E-state index contributed by atoms with van der Waals surface area (Å²) in [4.78, 5) is 55.1. The maximum atomic E-state index is 13.4. The topological polar surface area (TPSA) is 132 Å². The largest absolute Gasteiger partial charge is 0.496 e. The van der Waals surface area contributed by atoms with Gasteiger partial charge in [0.1, 0.15) is 27.7 Å². The van der Waals surface area contributed by atoms with Crippen molar-refractivity contribution < 1.29 is 38.1 Å². The first-order valence-electron chi connectivity index (χ1n) is 14.2. The summed E-state index contributed by atoms with van der Waals surface area (Å²) in [5, 5.41) is 5.59. The number of carbonyl (C=O) groups excluding carboxylic acids is 4. The fourth-order valence-corrected chi connectivity index (χ4v) is 6.86. The molecule has 240 valence electrons. The molecular weight excluding hydrogens is 618 g/mol. The van der Waals surface area contributed by atoms with Gasteiger partial charge in [0, 0.05) is 22.0 Å². The third kappa shape index (κ3) is 8.08. The molecule has 0 radical (unpaired) electrons. The fourth-order valence-electron chi connectivity index (χ4n) is 4.68. The molecule has 13 heteroatoms. The number of nitrogens with zero attached hydrogens (tertiary/aromatic N) is 1. The van der Waals surface area contributed by atoms with Crippen LogP contribution < -0.4 is 20.1 Å². The normalized spacial score (nSPS) is 13.3. The molecule has 2 heterocycles. The van der Waals surface area contributed by atoms with Crippen LogP contribution in [0.15, 0.2) is 47.4 Å². The number of methoxy groups -OCH3 is 3. The van der Waals surface area contributed by atoms with E-state index in [1.807, 2.05) is 6.07 Å². The van der Waals surface area contributed by atoms with Gasteiger partial charge in [-0.1, -0.05) is 12.1 Å².